The summed E-state index contributed by atoms with van der Waals surface area (Å²) in [5.74, 6) is 0.344. The second kappa shape index (κ2) is 8.87. The topological polar surface area (TPSA) is 67.4 Å². The largest absolute Gasteiger partial charge is 0.494 e. The Balaban J connectivity index is 2.05. The minimum Gasteiger partial charge on any atom is -0.494 e. The Hall–Kier alpha value is -2.82. The number of hydrogen-bond acceptors (Lipinski definition) is 3. The van der Waals surface area contributed by atoms with Crippen LogP contribution < -0.4 is 15.4 Å². The lowest BCUT2D eigenvalue weighted by atomic mass is 10.1. The normalized spacial score (nSPS) is 11.5. The summed E-state index contributed by atoms with van der Waals surface area (Å²) < 4.78 is 5.37. The molecule has 2 rings (SSSR count). The molecule has 0 radical (unpaired) electrons. The smallest absolute Gasteiger partial charge is 0.255 e. The lowest BCUT2D eigenvalue weighted by molar-refractivity contribution is 0.0938. The monoisotopic (exact) mass is 340 g/mol. The number of rotatable bonds is 7. The summed E-state index contributed by atoms with van der Waals surface area (Å²) in [4.78, 5) is 24.5. The molecule has 0 heterocycles. The van der Waals surface area contributed by atoms with Gasteiger partial charge in [0, 0.05) is 22.9 Å². The van der Waals surface area contributed by atoms with E-state index in [0.29, 0.717) is 23.4 Å². The van der Waals surface area contributed by atoms with Gasteiger partial charge in [-0.15, -0.1) is 0 Å². The molecule has 0 saturated heterocycles. The Labute approximate surface area is 148 Å². The van der Waals surface area contributed by atoms with Gasteiger partial charge in [-0.1, -0.05) is 13.0 Å². The highest BCUT2D eigenvalue weighted by molar-refractivity contribution is 6.05. The molecule has 0 aromatic heterocycles. The Morgan fingerprint density at radius 2 is 1.72 bits per heavy atom. The first kappa shape index (κ1) is 18.5. The molecule has 5 heteroatoms. The second-order valence-corrected chi connectivity index (χ2v) is 5.78. The van der Waals surface area contributed by atoms with Crippen molar-refractivity contribution in [3.63, 3.8) is 0 Å². The summed E-state index contributed by atoms with van der Waals surface area (Å²) in [5.41, 5.74) is 1.62. The number of carbonyl (C=O) groups is 2. The van der Waals surface area contributed by atoms with Gasteiger partial charge in [0.05, 0.1) is 6.61 Å². The standard InChI is InChI=1S/C20H24N2O3/c1-4-14(3)21-20(24)16-7-6-8-17(13-16)22-19(23)15-9-11-18(12-10-15)25-5-2/h6-14H,4-5H2,1-3H3,(H,21,24)(H,22,23). The van der Waals surface area contributed by atoms with Crippen LogP contribution in [0.5, 0.6) is 5.75 Å². The molecule has 25 heavy (non-hydrogen) atoms. The number of benzene rings is 2. The number of amides is 2. The third-order valence-corrected chi connectivity index (χ3v) is 3.80. The highest BCUT2D eigenvalue weighted by Crippen LogP contribution is 2.15. The lowest BCUT2D eigenvalue weighted by Crippen LogP contribution is -2.31. The van der Waals surface area contributed by atoms with E-state index < -0.39 is 0 Å². The summed E-state index contributed by atoms with van der Waals surface area (Å²) in [6.45, 7) is 6.45. The molecule has 0 spiro atoms. The summed E-state index contributed by atoms with van der Waals surface area (Å²) >= 11 is 0. The van der Waals surface area contributed by atoms with E-state index in [1.165, 1.54) is 0 Å². The predicted octanol–water partition coefficient (Wildman–Crippen LogP) is 3.87. The van der Waals surface area contributed by atoms with Crippen LogP contribution in [0.4, 0.5) is 5.69 Å². The van der Waals surface area contributed by atoms with Crippen LogP contribution in [0.25, 0.3) is 0 Å². The average molecular weight is 340 g/mol. The molecule has 2 aromatic carbocycles. The van der Waals surface area contributed by atoms with Crippen molar-refractivity contribution >= 4 is 17.5 Å². The highest BCUT2D eigenvalue weighted by atomic mass is 16.5. The van der Waals surface area contributed by atoms with E-state index in [1.54, 1.807) is 48.5 Å². The van der Waals surface area contributed by atoms with Crippen LogP contribution in [0.15, 0.2) is 48.5 Å². The van der Waals surface area contributed by atoms with Crippen LogP contribution in [0.1, 0.15) is 47.9 Å². The van der Waals surface area contributed by atoms with Crippen molar-refractivity contribution < 1.29 is 14.3 Å². The Morgan fingerprint density at radius 3 is 2.36 bits per heavy atom. The highest BCUT2D eigenvalue weighted by Gasteiger charge is 2.11. The number of hydrogen-bond donors (Lipinski definition) is 2. The number of anilines is 1. The molecule has 5 nitrogen and oxygen atoms in total. The Kier molecular flexibility index (Phi) is 6.57. The quantitative estimate of drug-likeness (QED) is 0.804. The van der Waals surface area contributed by atoms with Gasteiger partial charge < -0.3 is 15.4 Å². The molecule has 0 aliphatic carbocycles. The van der Waals surface area contributed by atoms with E-state index in [2.05, 4.69) is 10.6 Å². The molecule has 2 N–H and O–H groups in total. The van der Waals surface area contributed by atoms with Crippen molar-refractivity contribution in [3.05, 3.63) is 59.7 Å². The van der Waals surface area contributed by atoms with E-state index in [0.717, 1.165) is 12.2 Å². The van der Waals surface area contributed by atoms with Crippen LogP contribution in [0.2, 0.25) is 0 Å². The third-order valence-electron chi connectivity index (χ3n) is 3.80. The maximum Gasteiger partial charge on any atom is 0.255 e. The summed E-state index contributed by atoms with van der Waals surface area (Å²) in [6.07, 6.45) is 0.861. The Bertz CT molecular complexity index is 726. The van der Waals surface area contributed by atoms with Gasteiger partial charge in [0.25, 0.3) is 11.8 Å². The molecule has 0 fully saturated rings. The van der Waals surface area contributed by atoms with E-state index in [1.807, 2.05) is 20.8 Å². The molecule has 1 atom stereocenters. The summed E-state index contributed by atoms with van der Waals surface area (Å²) in [7, 11) is 0. The lowest BCUT2D eigenvalue weighted by Gasteiger charge is -2.12. The van der Waals surface area contributed by atoms with Crippen molar-refractivity contribution in [2.24, 2.45) is 0 Å². The van der Waals surface area contributed by atoms with E-state index >= 15 is 0 Å². The van der Waals surface area contributed by atoms with Crippen LogP contribution in [0.3, 0.4) is 0 Å². The van der Waals surface area contributed by atoms with Gasteiger partial charge in [-0.2, -0.15) is 0 Å². The fraction of sp³-hybridized carbons (Fsp3) is 0.300. The molecule has 132 valence electrons. The first-order chi connectivity index (χ1) is 12.0. The molecule has 0 aliphatic rings. The molecular weight excluding hydrogens is 316 g/mol. The SMILES string of the molecule is CCOc1ccc(C(=O)Nc2cccc(C(=O)NC(C)CC)c2)cc1. The van der Waals surface area contributed by atoms with Crippen molar-refractivity contribution in [2.45, 2.75) is 33.2 Å². The molecule has 0 bridgehead atoms. The van der Waals surface area contributed by atoms with Crippen molar-refractivity contribution in [3.8, 4) is 5.75 Å². The van der Waals surface area contributed by atoms with Crippen molar-refractivity contribution in [2.75, 3.05) is 11.9 Å². The summed E-state index contributed by atoms with van der Waals surface area (Å²) in [6, 6.07) is 13.9. The molecule has 0 saturated carbocycles. The fourth-order valence-corrected chi connectivity index (χ4v) is 2.22. The van der Waals surface area contributed by atoms with Gasteiger partial charge in [-0.3, -0.25) is 9.59 Å². The van der Waals surface area contributed by atoms with Crippen molar-refractivity contribution in [1.29, 1.82) is 0 Å². The fourth-order valence-electron chi connectivity index (χ4n) is 2.22. The number of nitrogens with one attached hydrogen (secondary N) is 2. The van der Waals surface area contributed by atoms with Crippen molar-refractivity contribution in [1.82, 2.24) is 5.32 Å². The van der Waals surface area contributed by atoms with Gasteiger partial charge in [0.2, 0.25) is 0 Å². The maximum absolute atomic E-state index is 12.3. The second-order valence-electron chi connectivity index (χ2n) is 5.78. The first-order valence-corrected chi connectivity index (χ1v) is 8.48. The zero-order valence-corrected chi connectivity index (χ0v) is 14.8. The predicted molar refractivity (Wildman–Crippen MR) is 99.2 cm³/mol. The molecule has 0 aliphatic heterocycles. The summed E-state index contributed by atoms with van der Waals surface area (Å²) in [5, 5.41) is 5.72. The molecule has 2 amide bonds. The maximum atomic E-state index is 12.3. The van der Waals surface area contributed by atoms with Gasteiger partial charge in [-0.25, -0.2) is 0 Å². The minimum absolute atomic E-state index is 0.106. The third kappa shape index (κ3) is 5.35. The average Bonchev–Trinajstić information content (AvgIpc) is 2.62. The van der Waals surface area contributed by atoms with Crippen LogP contribution in [0, 0.1) is 0 Å². The van der Waals surface area contributed by atoms with Crippen LogP contribution >= 0.6 is 0 Å². The zero-order chi connectivity index (χ0) is 18.2. The Morgan fingerprint density at radius 1 is 1.00 bits per heavy atom. The zero-order valence-electron chi connectivity index (χ0n) is 14.8. The van der Waals surface area contributed by atoms with Gasteiger partial charge >= 0.3 is 0 Å². The first-order valence-electron chi connectivity index (χ1n) is 8.48. The number of carbonyl (C=O) groups excluding carboxylic acids is 2. The molecule has 2 aromatic rings. The minimum atomic E-state index is -0.234. The van der Waals surface area contributed by atoms with Gasteiger partial charge in [-0.05, 0) is 62.7 Å². The number of ether oxygens (including phenoxy) is 1. The van der Waals surface area contributed by atoms with Crippen LogP contribution in [-0.2, 0) is 0 Å². The molecule has 1 unspecified atom stereocenters. The van der Waals surface area contributed by atoms with E-state index in [-0.39, 0.29) is 17.9 Å². The van der Waals surface area contributed by atoms with E-state index in [4.69, 9.17) is 4.74 Å². The van der Waals surface area contributed by atoms with Gasteiger partial charge in [0.15, 0.2) is 0 Å². The van der Waals surface area contributed by atoms with Crippen LogP contribution in [-0.4, -0.2) is 24.5 Å². The molecular formula is C20H24N2O3. The van der Waals surface area contributed by atoms with Gasteiger partial charge in [0.1, 0.15) is 5.75 Å². The van der Waals surface area contributed by atoms with E-state index in [9.17, 15) is 9.59 Å².